The highest BCUT2D eigenvalue weighted by Gasteiger charge is 2.12. The van der Waals surface area contributed by atoms with Gasteiger partial charge in [-0.05, 0) is 72.8 Å². The highest BCUT2D eigenvalue weighted by atomic mass is 35.5. The molecule has 0 aliphatic heterocycles. The lowest BCUT2D eigenvalue weighted by Crippen LogP contribution is -2.08. The van der Waals surface area contributed by atoms with Gasteiger partial charge in [-0.15, -0.1) is 0 Å². The van der Waals surface area contributed by atoms with E-state index in [1.165, 1.54) is 6.08 Å². The smallest absolute Gasteiger partial charge is 0.248 e. The minimum absolute atomic E-state index is 0.363. The lowest BCUT2D eigenvalue weighted by molar-refractivity contribution is -0.111. The summed E-state index contributed by atoms with van der Waals surface area (Å²) in [6.45, 7) is 0. The third-order valence-electron chi connectivity index (χ3n) is 4.79. The molecule has 0 saturated carbocycles. The Bertz CT molecular complexity index is 1450. The van der Waals surface area contributed by atoms with Crippen LogP contribution in [0.4, 0.5) is 5.69 Å². The molecule has 0 spiro atoms. The second kappa shape index (κ2) is 8.94. The lowest BCUT2D eigenvalue weighted by Gasteiger charge is -2.06. The van der Waals surface area contributed by atoms with E-state index in [4.69, 9.17) is 32.0 Å². The average molecular weight is 476 g/mol. The molecule has 3 heterocycles. The van der Waals surface area contributed by atoms with Gasteiger partial charge >= 0.3 is 0 Å². The SMILES string of the molecule is O=C(/C=C/c1ccc(-c2ccc(Cl)cc2)o1)Nc1cc(-c2nc3ncccc3o2)ccc1Cl. The number of aromatic nitrogens is 2. The summed E-state index contributed by atoms with van der Waals surface area (Å²) in [5.41, 5.74) is 3.07. The van der Waals surface area contributed by atoms with Crippen LogP contribution in [0.15, 0.2) is 87.8 Å². The number of hydrogen-bond donors (Lipinski definition) is 1. The predicted octanol–water partition coefficient (Wildman–Crippen LogP) is 7.11. The summed E-state index contributed by atoms with van der Waals surface area (Å²) in [5, 5.41) is 3.81. The first-order valence-electron chi connectivity index (χ1n) is 9.91. The number of carbonyl (C=O) groups is 1. The largest absolute Gasteiger partial charge is 0.457 e. The number of carbonyl (C=O) groups excluding carboxylic acids is 1. The summed E-state index contributed by atoms with van der Waals surface area (Å²) in [7, 11) is 0. The normalized spacial score (nSPS) is 11.3. The van der Waals surface area contributed by atoms with E-state index in [1.807, 2.05) is 18.2 Å². The molecule has 1 N–H and O–H groups in total. The summed E-state index contributed by atoms with van der Waals surface area (Å²) >= 11 is 12.2. The fraction of sp³-hybridized carbons (Fsp3) is 0. The molecule has 33 heavy (non-hydrogen) atoms. The number of rotatable bonds is 5. The van der Waals surface area contributed by atoms with Crippen molar-refractivity contribution in [3.05, 3.63) is 94.8 Å². The number of oxazole rings is 1. The summed E-state index contributed by atoms with van der Waals surface area (Å²) < 4.78 is 11.5. The maximum atomic E-state index is 12.5. The Morgan fingerprint density at radius 3 is 2.58 bits per heavy atom. The Labute approximate surface area is 198 Å². The number of anilines is 1. The van der Waals surface area contributed by atoms with Gasteiger partial charge < -0.3 is 14.2 Å². The zero-order chi connectivity index (χ0) is 22.8. The molecular weight excluding hydrogens is 461 g/mol. The monoisotopic (exact) mass is 475 g/mol. The van der Waals surface area contributed by atoms with E-state index < -0.39 is 0 Å². The minimum atomic E-state index is -0.363. The zero-order valence-corrected chi connectivity index (χ0v) is 18.5. The maximum absolute atomic E-state index is 12.5. The van der Waals surface area contributed by atoms with Crippen molar-refractivity contribution in [1.82, 2.24) is 9.97 Å². The lowest BCUT2D eigenvalue weighted by atomic mass is 10.2. The zero-order valence-electron chi connectivity index (χ0n) is 17.0. The van der Waals surface area contributed by atoms with E-state index >= 15 is 0 Å². The van der Waals surface area contributed by atoms with Crippen LogP contribution in [0.3, 0.4) is 0 Å². The first-order valence-corrected chi connectivity index (χ1v) is 10.7. The molecular formula is C25H15Cl2N3O3. The van der Waals surface area contributed by atoms with Crippen molar-refractivity contribution in [3.63, 3.8) is 0 Å². The molecule has 1 amide bonds. The van der Waals surface area contributed by atoms with Crippen molar-refractivity contribution in [2.75, 3.05) is 5.32 Å². The molecule has 8 heteroatoms. The standard InChI is InChI=1S/C25H15Cl2N3O3/c26-17-6-3-15(4-7-17)21-11-8-18(32-21)9-12-23(31)29-20-14-16(5-10-19(20)27)25-30-24-22(33-25)2-1-13-28-24/h1-14H,(H,29,31)/b12-9+. The maximum Gasteiger partial charge on any atom is 0.248 e. The van der Waals surface area contributed by atoms with Crippen LogP contribution in [-0.4, -0.2) is 15.9 Å². The van der Waals surface area contributed by atoms with Crippen molar-refractivity contribution < 1.29 is 13.6 Å². The molecule has 0 aliphatic carbocycles. The first kappa shape index (κ1) is 21.0. The third-order valence-corrected chi connectivity index (χ3v) is 5.37. The molecule has 5 rings (SSSR count). The number of pyridine rings is 1. The van der Waals surface area contributed by atoms with Gasteiger partial charge in [-0.25, -0.2) is 4.98 Å². The van der Waals surface area contributed by atoms with Gasteiger partial charge in [0.2, 0.25) is 11.8 Å². The van der Waals surface area contributed by atoms with Gasteiger partial charge in [-0.2, -0.15) is 4.98 Å². The molecule has 0 radical (unpaired) electrons. The molecule has 0 unspecified atom stereocenters. The first-order chi connectivity index (χ1) is 16.0. The number of furan rings is 1. The number of halogens is 2. The number of hydrogen-bond acceptors (Lipinski definition) is 5. The van der Waals surface area contributed by atoms with E-state index in [1.54, 1.807) is 60.8 Å². The number of nitrogens with zero attached hydrogens (tertiary/aromatic N) is 2. The van der Waals surface area contributed by atoms with Gasteiger partial charge in [0.05, 0.1) is 10.7 Å². The van der Waals surface area contributed by atoms with Crippen LogP contribution in [0.2, 0.25) is 10.0 Å². The van der Waals surface area contributed by atoms with E-state index in [-0.39, 0.29) is 5.91 Å². The highest BCUT2D eigenvalue weighted by molar-refractivity contribution is 6.34. The third kappa shape index (κ3) is 4.67. The molecule has 0 atom stereocenters. The summed E-state index contributed by atoms with van der Waals surface area (Å²) in [6, 6.07) is 19.6. The van der Waals surface area contributed by atoms with Crippen molar-refractivity contribution >= 4 is 52.1 Å². The molecule has 6 nitrogen and oxygen atoms in total. The number of nitrogens with one attached hydrogen (secondary N) is 1. The van der Waals surface area contributed by atoms with Gasteiger partial charge in [0.15, 0.2) is 11.2 Å². The Balaban J connectivity index is 1.31. The molecule has 0 fully saturated rings. The van der Waals surface area contributed by atoms with Crippen LogP contribution in [0.1, 0.15) is 5.76 Å². The molecule has 2 aromatic carbocycles. The molecule has 0 aliphatic rings. The Morgan fingerprint density at radius 1 is 0.939 bits per heavy atom. The Kier molecular flexibility index (Phi) is 5.69. The molecule has 3 aromatic heterocycles. The Morgan fingerprint density at radius 2 is 1.76 bits per heavy atom. The summed E-state index contributed by atoms with van der Waals surface area (Å²) in [6.07, 6.45) is 4.60. The van der Waals surface area contributed by atoms with Crippen LogP contribution < -0.4 is 5.32 Å². The quantitative estimate of drug-likeness (QED) is 0.274. The van der Waals surface area contributed by atoms with E-state index in [0.29, 0.717) is 49.9 Å². The van der Waals surface area contributed by atoms with Gasteiger partial charge in [0.1, 0.15) is 11.5 Å². The molecule has 0 bridgehead atoms. The van der Waals surface area contributed by atoms with Gasteiger partial charge in [0.25, 0.3) is 0 Å². The van der Waals surface area contributed by atoms with Gasteiger partial charge in [-0.3, -0.25) is 4.79 Å². The second-order valence-corrected chi connectivity index (χ2v) is 7.91. The number of fused-ring (bicyclic) bond motifs is 1. The van der Waals surface area contributed by atoms with Crippen LogP contribution in [0, 0.1) is 0 Å². The minimum Gasteiger partial charge on any atom is -0.457 e. The highest BCUT2D eigenvalue weighted by Crippen LogP contribution is 2.30. The van der Waals surface area contributed by atoms with Crippen molar-refractivity contribution in [1.29, 1.82) is 0 Å². The van der Waals surface area contributed by atoms with E-state index in [2.05, 4.69) is 15.3 Å². The number of amides is 1. The molecule has 5 aromatic rings. The average Bonchev–Trinajstić information content (AvgIpc) is 3.47. The van der Waals surface area contributed by atoms with E-state index in [0.717, 1.165) is 5.56 Å². The topological polar surface area (TPSA) is 81.2 Å². The molecule has 0 saturated heterocycles. The van der Waals surface area contributed by atoms with Gasteiger partial charge in [0, 0.05) is 28.4 Å². The van der Waals surface area contributed by atoms with Crippen LogP contribution in [-0.2, 0) is 4.79 Å². The van der Waals surface area contributed by atoms with E-state index in [9.17, 15) is 4.79 Å². The second-order valence-electron chi connectivity index (χ2n) is 7.07. The fourth-order valence-corrected chi connectivity index (χ4v) is 3.48. The number of benzene rings is 2. The van der Waals surface area contributed by atoms with Crippen molar-refractivity contribution in [3.8, 4) is 22.8 Å². The van der Waals surface area contributed by atoms with Crippen LogP contribution in [0.25, 0.3) is 40.1 Å². The van der Waals surface area contributed by atoms with Gasteiger partial charge in [-0.1, -0.05) is 23.2 Å². The van der Waals surface area contributed by atoms with Crippen LogP contribution in [0.5, 0.6) is 0 Å². The van der Waals surface area contributed by atoms with Crippen molar-refractivity contribution in [2.45, 2.75) is 0 Å². The predicted molar refractivity (Wildman–Crippen MR) is 129 cm³/mol. The van der Waals surface area contributed by atoms with Crippen molar-refractivity contribution in [2.24, 2.45) is 0 Å². The van der Waals surface area contributed by atoms with Crippen LogP contribution >= 0.6 is 23.2 Å². The Hall–Kier alpha value is -3.87. The summed E-state index contributed by atoms with van der Waals surface area (Å²) in [4.78, 5) is 21.0. The fourth-order valence-electron chi connectivity index (χ4n) is 3.19. The summed E-state index contributed by atoms with van der Waals surface area (Å²) in [5.74, 6) is 1.23. The molecule has 162 valence electrons.